The summed E-state index contributed by atoms with van der Waals surface area (Å²) in [5.41, 5.74) is 1.28. The minimum Gasteiger partial charge on any atom is -0.379 e. The first-order valence-corrected chi connectivity index (χ1v) is 7.96. The topological polar surface area (TPSA) is 70.2 Å². The number of H-pyrrole nitrogens is 1. The maximum absolute atomic E-state index is 11.6. The van der Waals surface area contributed by atoms with Gasteiger partial charge in [0.2, 0.25) is 0 Å². The average molecular weight is 335 g/mol. The third kappa shape index (κ3) is 4.10. The van der Waals surface area contributed by atoms with Gasteiger partial charge in [-0.05, 0) is 5.56 Å². The highest BCUT2D eigenvalue weighted by atomic mass is 35.5. The predicted molar refractivity (Wildman–Crippen MR) is 89.9 cm³/mol. The van der Waals surface area contributed by atoms with E-state index >= 15 is 0 Å². The second kappa shape index (κ2) is 7.59. The fourth-order valence-corrected chi connectivity index (χ4v) is 2.78. The Kier molecular flexibility index (Phi) is 5.27. The Morgan fingerprint density at radius 3 is 2.78 bits per heavy atom. The lowest BCUT2D eigenvalue weighted by molar-refractivity contribution is 0.0361. The molecule has 2 heterocycles. The number of aromatic nitrogens is 2. The number of hydrogen-bond donors (Lipinski definition) is 2. The normalized spacial score (nSPS) is 16.9. The molecule has 1 aromatic carbocycles. The molecule has 1 unspecified atom stereocenters. The zero-order valence-corrected chi connectivity index (χ0v) is 13.4. The summed E-state index contributed by atoms with van der Waals surface area (Å²) in [6.45, 7) is 4.08. The van der Waals surface area contributed by atoms with E-state index in [9.17, 15) is 4.79 Å². The third-order valence-electron chi connectivity index (χ3n) is 3.87. The molecule has 0 radical (unpaired) electrons. The minimum absolute atomic E-state index is 0.00963. The lowest BCUT2D eigenvalue weighted by Crippen LogP contribution is -2.40. The summed E-state index contributed by atoms with van der Waals surface area (Å²) in [5, 5.41) is 9.63. The average Bonchev–Trinajstić information content (AvgIpc) is 2.60. The summed E-state index contributed by atoms with van der Waals surface area (Å²) >= 11 is 6.09. The van der Waals surface area contributed by atoms with Gasteiger partial charge in [-0.2, -0.15) is 5.10 Å². The second-order valence-corrected chi connectivity index (χ2v) is 5.83. The first-order valence-electron chi connectivity index (χ1n) is 7.59. The molecule has 0 saturated carbocycles. The predicted octanol–water partition coefficient (Wildman–Crippen LogP) is 1.91. The van der Waals surface area contributed by atoms with Crippen molar-refractivity contribution in [2.24, 2.45) is 0 Å². The number of halogens is 1. The van der Waals surface area contributed by atoms with Crippen LogP contribution in [0.3, 0.4) is 0 Å². The van der Waals surface area contributed by atoms with Crippen molar-refractivity contribution in [3.8, 4) is 0 Å². The van der Waals surface area contributed by atoms with E-state index in [1.54, 1.807) is 6.20 Å². The van der Waals surface area contributed by atoms with Crippen LogP contribution in [-0.2, 0) is 4.74 Å². The molecule has 122 valence electrons. The first-order chi connectivity index (χ1) is 11.2. The van der Waals surface area contributed by atoms with Gasteiger partial charge < -0.3 is 10.1 Å². The van der Waals surface area contributed by atoms with Gasteiger partial charge in [-0.15, -0.1) is 0 Å². The van der Waals surface area contributed by atoms with Crippen LogP contribution in [0.1, 0.15) is 11.6 Å². The molecule has 0 spiro atoms. The molecule has 1 saturated heterocycles. The number of nitrogens with zero attached hydrogens (tertiary/aromatic N) is 2. The number of morpholine rings is 1. The summed E-state index contributed by atoms with van der Waals surface area (Å²) < 4.78 is 5.40. The van der Waals surface area contributed by atoms with E-state index in [2.05, 4.69) is 32.5 Å². The molecule has 0 amide bonds. The Morgan fingerprint density at radius 2 is 2.04 bits per heavy atom. The van der Waals surface area contributed by atoms with E-state index in [-0.39, 0.29) is 11.1 Å². The van der Waals surface area contributed by atoms with Gasteiger partial charge in [-0.25, -0.2) is 5.10 Å². The van der Waals surface area contributed by atoms with Crippen molar-refractivity contribution in [2.45, 2.75) is 6.04 Å². The molecule has 1 aliphatic heterocycles. The summed E-state index contributed by atoms with van der Waals surface area (Å²) in [5.74, 6) is 0. The summed E-state index contributed by atoms with van der Waals surface area (Å²) in [6, 6.07) is 10.1. The lowest BCUT2D eigenvalue weighted by atomic mass is 10.1. The Labute approximate surface area is 139 Å². The van der Waals surface area contributed by atoms with Gasteiger partial charge in [0.25, 0.3) is 5.56 Å². The number of anilines is 1. The molecule has 2 aromatic rings. The van der Waals surface area contributed by atoms with Crippen molar-refractivity contribution in [1.82, 2.24) is 15.1 Å². The smallest absolute Gasteiger partial charge is 0.285 e. The van der Waals surface area contributed by atoms with E-state index in [4.69, 9.17) is 16.3 Å². The first kappa shape index (κ1) is 16.0. The molecule has 23 heavy (non-hydrogen) atoms. The molecule has 1 fully saturated rings. The number of rotatable bonds is 5. The Hall–Kier alpha value is -1.89. The van der Waals surface area contributed by atoms with Crippen LogP contribution in [0.25, 0.3) is 0 Å². The van der Waals surface area contributed by atoms with Crippen LogP contribution in [-0.4, -0.2) is 47.9 Å². The molecular formula is C16H19ClN4O2. The molecule has 3 rings (SSSR count). The molecule has 6 nitrogen and oxygen atoms in total. The number of aromatic amines is 1. The maximum Gasteiger partial charge on any atom is 0.285 e. The fraction of sp³-hybridized carbons (Fsp3) is 0.375. The standard InChI is InChI=1S/C16H19ClN4O2/c17-15-13(10-18-20-16(15)22)19-14(12-4-2-1-3-5-12)11-21-6-8-23-9-7-21/h1-5,10,14H,6-9,11H2,(H2,19,20,22). The molecule has 1 atom stereocenters. The largest absolute Gasteiger partial charge is 0.379 e. The quantitative estimate of drug-likeness (QED) is 0.874. The van der Waals surface area contributed by atoms with Crippen molar-refractivity contribution in [3.05, 3.63) is 57.5 Å². The molecule has 1 aromatic heterocycles. The van der Waals surface area contributed by atoms with Gasteiger partial charge in [0.15, 0.2) is 0 Å². The van der Waals surface area contributed by atoms with Crippen molar-refractivity contribution >= 4 is 17.3 Å². The highest BCUT2D eigenvalue weighted by Gasteiger charge is 2.19. The molecule has 1 aliphatic rings. The van der Waals surface area contributed by atoms with E-state index < -0.39 is 5.56 Å². The van der Waals surface area contributed by atoms with Gasteiger partial charge in [0, 0.05) is 19.6 Å². The highest BCUT2D eigenvalue weighted by Crippen LogP contribution is 2.24. The summed E-state index contributed by atoms with van der Waals surface area (Å²) in [6.07, 6.45) is 1.54. The minimum atomic E-state index is -0.394. The SMILES string of the molecule is O=c1[nH]ncc(NC(CN2CCOCC2)c2ccccc2)c1Cl. The van der Waals surface area contributed by atoms with Crippen LogP contribution in [0.2, 0.25) is 5.02 Å². The van der Waals surface area contributed by atoms with Gasteiger partial charge in [0.05, 0.1) is 31.1 Å². The highest BCUT2D eigenvalue weighted by molar-refractivity contribution is 6.32. The number of ether oxygens (including phenoxy) is 1. The van der Waals surface area contributed by atoms with Crippen LogP contribution in [0, 0.1) is 0 Å². The molecule has 0 aliphatic carbocycles. The Morgan fingerprint density at radius 1 is 1.30 bits per heavy atom. The van der Waals surface area contributed by atoms with Crippen molar-refractivity contribution < 1.29 is 4.74 Å². The Balaban J connectivity index is 1.82. The number of benzene rings is 1. The third-order valence-corrected chi connectivity index (χ3v) is 4.25. The van der Waals surface area contributed by atoms with Crippen molar-refractivity contribution in [1.29, 1.82) is 0 Å². The monoisotopic (exact) mass is 334 g/mol. The fourth-order valence-electron chi connectivity index (χ4n) is 2.63. The second-order valence-electron chi connectivity index (χ2n) is 5.45. The lowest BCUT2D eigenvalue weighted by Gasteiger charge is -2.31. The molecule has 7 heteroatoms. The zero-order valence-electron chi connectivity index (χ0n) is 12.7. The van der Waals surface area contributed by atoms with Crippen molar-refractivity contribution in [2.75, 3.05) is 38.2 Å². The molecule has 0 bridgehead atoms. The van der Waals surface area contributed by atoms with Crippen LogP contribution in [0.5, 0.6) is 0 Å². The van der Waals surface area contributed by atoms with E-state index in [0.717, 1.165) is 38.4 Å². The van der Waals surface area contributed by atoms with Gasteiger partial charge in [-0.3, -0.25) is 9.69 Å². The van der Waals surface area contributed by atoms with Gasteiger partial charge in [0.1, 0.15) is 5.02 Å². The number of nitrogens with one attached hydrogen (secondary N) is 2. The van der Waals surface area contributed by atoms with Gasteiger partial charge in [-0.1, -0.05) is 41.9 Å². The summed E-state index contributed by atoms with van der Waals surface area (Å²) in [4.78, 5) is 14.0. The van der Waals surface area contributed by atoms with E-state index in [1.165, 1.54) is 0 Å². The zero-order chi connectivity index (χ0) is 16.1. The summed E-state index contributed by atoms with van der Waals surface area (Å²) in [7, 11) is 0. The van der Waals surface area contributed by atoms with Gasteiger partial charge >= 0.3 is 0 Å². The van der Waals surface area contributed by atoms with E-state index in [1.807, 2.05) is 18.2 Å². The number of hydrogen-bond acceptors (Lipinski definition) is 5. The van der Waals surface area contributed by atoms with Crippen LogP contribution >= 0.6 is 11.6 Å². The van der Waals surface area contributed by atoms with E-state index in [0.29, 0.717) is 5.69 Å². The molecule has 2 N–H and O–H groups in total. The van der Waals surface area contributed by atoms with Crippen LogP contribution in [0.15, 0.2) is 41.3 Å². The van der Waals surface area contributed by atoms with Crippen molar-refractivity contribution in [3.63, 3.8) is 0 Å². The Bertz CT molecular complexity index is 686. The molecular weight excluding hydrogens is 316 g/mol. The van der Waals surface area contributed by atoms with Crippen LogP contribution in [0.4, 0.5) is 5.69 Å². The van der Waals surface area contributed by atoms with Crippen LogP contribution < -0.4 is 10.9 Å². The maximum atomic E-state index is 11.6.